The zero-order chi connectivity index (χ0) is 14.5. The van der Waals surface area contributed by atoms with E-state index in [1.807, 2.05) is 35.7 Å². The van der Waals surface area contributed by atoms with E-state index in [9.17, 15) is 4.79 Å². The van der Waals surface area contributed by atoms with Gasteiger partial charge in [0.1, 0.15) is 11.3 Å². The number of aryl methyl sites for hydroxylation is 1. The number of nitrogens with zero attached hydrogens (tertiary/aromatic N) is 3. The molecule has 2 aromatic heterocycles. The van der Waals surface area contributed by atoms with Gasteiger partial charge in [-0.15, -0.1) is 0 Å². The maximum Gasteiger partial charge on any atom is 0.268 e. The third-order valence-corrected chi connectivity index (χ3v) is 3.45. The number of fused-ring (bicyclic) bond motifs is 1. The summed E-state index contributed by atoms with van der Waals surface area (Å²) in [7, 11) is 0. The van der Waals surface area contributed by atoms with Crippen LogP contribution in [0.5, 0.6) is 0 Å². The second-order valence-corrected chi connectivity index (χ2v) is 4.80. The molecule has 0 aromatic carbocycles. The summed E-state index contributed by atoms with van der Waals surface area (Å²) in [5.74, 6) is -0.0554. The summed E-state index contributed by atoms with van der Waals surface area (Å²) in [4.78, 5) is 18.9. The number of hydrogen-bond acceptors (Lipinski definition) is 3. The number of imidazole rings is 1. The van der Waals surface area contributed by atoms with Crippen molar-refractivity contribution in [3.8, 4) is 0 Å². The highest BCUT2D eigenvalue weighted by Crippen LogP contribution is 2.08. The molecule has 0 bridgehead atoms. The highest BCUT2D eigenvalue weighted by molar-refractivity contribution is 5.93. The highest BCUT2D eigenvalue weighted by Gasteiger charge is 2.10. The molecule has 5 heteroatoms. The Morgan fingerprint density at radius 1 is 1.35 bits per heavy atom. The van der Waals surface area contributed by atoms with E-state index in [-0.39, 0.29) is 5.91 Å². The van der Waals surface area contributed by atoms with Gasteiger partial charge < -0.3 is 10.2 Å². The van der Waals surface area contributed by atoms with Crippen molar-refractivity contribution in [3.63, 3.8) is 0 Å². The molecule has 5 nitrogen and oxygen atoms in total. The van der Waals surface area contributed by atoms with Gasteiger partial charge in [-0.3, -0.25) is 9.20 Å². The van der Waals surface area contributed by atoms with Crippen molar-refractivity contribution in [2.45, 2.75) is 20.8 Å². The van der Waals surface area contributed by atoms with Crippen molar-refractivity contribution >= 4 is 11.6 Å². The van der Waals surface area contributed by atoms with Crippen LogP contribution in [-0.2, 0) is 0 Å². The van der Waals surface area contributed by atoms with Gasteiger partial charge in [-0.25, -0.2) is 4.98 Å². The van der Waals surface area contributed by atoms with E-state index >= 15 is 0 Å². The predicted octanol–water partition coefficient (Wildman–Crippen LogP) is 1.71. The molecule has 0 aliphatic heterocycles. The Hall–Kier alpha value is -1.88. The number of pyridine rings is 1. The molecular formula is C15H22N4O. The lowest BCUT2D eigenvalue weighted by molar-refractivity contribution is 0.0942. The first kappa shape index (κ1) is 14.5. The third kappa shape index (κ3) is 3.17. The Morgan fingerprint density at radius 3 is 2.80 bits per heavy atom. The standard InChI is InChI=1S/C15H22N4O/c1-4-18(5-2)10-9-16-15(20)13-7-6-8-14-17-12(3)11-19(13)14/h6-8,11H,4-5,9-10H2,1-3H3,(H,16,20). The summed E-state index contributed by atoms with van der Waals surface area (Å²) in [6.07, 6.45) is 1.88. The Morgan fingerprint density at radius 2 is 2.10 bits per heavy atom. The van der Waals surface area contributed by atoms with Gasteiger partial charge in [-0.2, -0.15) is 0 Å². The first-order valence-electron chi connectivity index (χ1n) is 7.11. The second kappa shape index (κ2) is 6.52. The molecule has 0 spiro atoms. The minimum atomic E-state index is -0.0554. The maximum absolute atomic E-state index is 12.2. The molecule has 1 amide bonds. The van der Waals surface area contributed by atoms with Gasteiger partial charge in [0.25, 0.3) is 5.91 Å². The Labute approximate surface area is 119 Å². The average molecular weight is 274 g/mol. The second-order valence-electron chi connectivity index (χ2n) is 4.80. The number of likely N-dealkylation sites (N-methyl/N-ethyl adjacent to an activating group) is 1. The van der Waals surface area contributed by atoms with Crippen molar-refractivity contribution in [1.82, 2.24) is 19.6 Å². The summed E-state index contributed by atoms with van der Waals surface area (Å²) in [6.45, 7) is 9.71. The maximum atomic E-state index is 12.2. The van der Waals surface area contributed by atoms with Gasteiger partial charge in [0.2, 0.25) is 0 Å². The molecular weight excluding hydrogens is 252 g/mol. The molecule has 0 saturated carbocycles. The van der Waals surface area contributed by atoms with Crippen LogP contribution in [0.25, 0.3) is 5.65 Å². The normalized spacial score (nSPS) is 11.2. The van der Waals surface area contributed by atoms with E-state index in [1.165, 1.54) is 0 Å². The molecule has 20 heavy (non-hydrogen) atoms. The third-order valence-electron chi connectivity index (χ3n) is 3.45. The fraction of sp³-hybridized carbons (Fsp3) is 0.467. The molecule has 0 unspecified atom stereocenters. The molecule has 2 aromatic rings. The predicted molar refractivity (Wildman–Crippen MR) is 80.1 cm³/mol. The molecule has 0 radical (unpaired) electrons. The Balaban J connectivity index is 2.04. The van der Waals surface area contributed by atoms with Crippen LogP contribution in [-0.4, -0.2) is 46.4 Å². The molecule has 0 saturated heterocycles. The van der Waals surface area contributed by atoms with Crippen molar-refractivity contribution in [1.29, 1.82) is 0 Å². The van der Waals surface area contributed by atoms with Gasteiger partial charge in [0.05, 0.1) is 5.69 Å². The highest BCUT2D eigenvalue weighted by atomic mass is 16.1. The summed E-state index contributed by atoms with van der Waals surface area (Å²) in [5.41, 5.74) is 2.34. The van der Waals surface area contributed by atoms with Crippen molar-refractivity contribution in [2.75, 3.05) is 26.2 Å². The van der Waals surface area contributed by atoms with Gasteiger partial charge >= 0.3 is 0 Å². The zero-order valence-corrected chi connectivity index (χ0v) is 12.4. The minimum absolute atomic E-state index is 0.0554. The molecule has 1 N–H and O–H groups in total. The lowest BCUT2D eigenvalue weighted by Gasteiger charge is -2.18. The first-order valence-corrected chi connectivity index (χ1v) is 7.11. The molecule has 0 aliphatic carbocycles. The van der Waals surface area contributed by atoms with E-state index in [1.54, 1.807) is 0 Å². The first-order chi connectivity index (χ1) is 9.65. The van der Waals surface area contributed by atoms with E-state index in [0.29, 0.717) is 12.2 Å². The molecule has 2 rings (SSSR count). The fourth-order valence-corrected chi connectivity index (χ4v) is 2.28. The lowest BCUT2D eigenvalue weighted by atomic mass is 10.3. The minimum Gasteiger partial charge on any atom is -0.349 e. The Bertz CT molecular complexity index is 587. The van der Waals surface area contributed by atoms with Crippen LogP contribution in [0.4, 0.5) is 0 Å². The summed E-state index contributed by atoms with van der Waals surface area (Å²) >= 11 is 0. The van der Waals surface area contributed by atoms with Crippen LogP contribution in [0.2, 0.25) is 0 Å². The Kier molecular flexibility index (Phi) is 4.74. The number of amides is 1. The zero-order valence-electron chi connectivity index (χ0n) is 12.4. The van der Waals surface area contributed by atoms with Crippen LogP contribution < -0.4 is 5.32 Å². The number of carbonyl (C=O) groups is 1. The molecule has 0 aliphatic rings. The lowest BCUT2D eigenvalue weighted by Crippen LogP contribution is -2.35. The van der Waals surface area contributed by atoms with Gasteiger partial charge in [-0.1, -0.05) is 19.9 Å². The van der Waals surface area contributed by atoms with Crippen LogP contribution in [0.1, 0.15) is 30.0 Å². The molecule has 108 valence electrons. The molecule has 0 fully saturated rings. The number of hydrogen-bond donors (Lipinski definition) is 1. The van der Waals surface area contributed by atoms with Crippen molar-refractivity contribution in [2.24, 2.45) is 0 Å². The quantitative estimate of drug-likeness (QED) is 0.872. The van der Waals surface area contributed by atoms with E-state index in [4.69, 9.17) is 0 Å². The van der Waals surface area contributed by atoms with Crippen LogP contribution in [0.3, 0.4) is 0 Å². The van der Waals surface area contributed by atoms with Crippen molar-refractivity contribution < 1.29 is 4.79 Å². The van der Waals surface area contributed by atoms with E-state index in [0.717, 1.165) is 31.0 Å². The van der Waals surface area contributed by atoms with E-state index < -0.39 is 0 Å². The topological polar surface area (TPSA) is 49.6 Å². The van der Waals surface area contributed by atoms with Crippen LogP contribution >= 0.6 is 0 Å². The largest absolute Gasteiger partial charge is 0.349 e. The molecule has 2 heterocycles. The summed E-state index contributed by atoms with van der Waals surface area (Å²) in [6, 6.07) is 5.58. The number of carbonyl (C=O) groups excluding carboxylic acids is 1. The van der Waals surface area contributed by atoms with Gasteiger partial charge in [0.15, 0.2) is 0 Å². The number of rotatable bonds is 6. The monoisotopic (exact) mass is 274 g/mol. The van der Waals surface area contributed by atoms with Gasteiger partial charge in [0, 0.05) is 19.3 Å². The fourth-order valence-electron chi connectivity index (χ4n) is 2.28. The summed E-state index contributed by atoms with van der Waals surface area (Å²) in [5, 5.41) is 2.97. The smallest absolute Gasteiger partial charge is 0.268 e. The SMILES string of the molecule is CCN(CC)CCNC(=O)c1cccc2nc(C)cn12. The van der Waals surface area contributed by atoms with Crippen molar-refractivity contribution in [3.05, 3.63) is 35.8 Å². The number of nitrogens with one attached hydrogen (secondary N) is 1. The summed E-state index contributed by atoms with van der Waals surface area (Å²) < 4.78 is 1.84. The van der Waals surface area contributed by atoms with Gasteiger partial charge in [-0.05, 0) is 32.1 Å². The van der Waals surface area contributed by atoms with Crippen LogP contribution in [0.15, 0.2) is 24.4 Å². The number of aromatic nitrogens is 2. The van der Waals surface area contributed by atoms with E-state index in [2.05, 4.69) is 29.0 Å². The molecule has 0 atom stereocenters. The van der Waals surface area contributed by atoms with Crippen LogP contribution in [0, 0.1) is 6.92 Å². The average Bonchev–Trinajstić information content (AvgIpc) is 2.83.